The lowest BCUT2D eigenvalue weighted by Crippen LogP contribution is -2.49. The Morgan fingerprint density at radius 2 is 1.68 bits per heavy atom. The van der Waals surface area contributed by atoms with Gasteiger partial charge in [0.2, 0.25) is 5.91 Å². The van der Waals surface area contributed by atoms with Crippen LogP contribution in [0.4, 0.5) is 5.69 Å². The topological polar surface area (TPSA) is 84.5 Å². The Labute approximate surface area is 164 Å². The Bertz CT molecular complexity index is 843. The van der Waals surface area contributed by atoms with Crippen molar-refractivity contribution in [3.05, 3.63) is 65.7 Å². The number of benzene rings is 2. The second kappa shape index (κ2) is 8.69. The Morgan fingerprint density at radius 3 is 2.25 bits per heavy atom. The molecule has 146 valence electrons. The number of anilines is 1. The summed E-state index contributed by atoms with van der Waals surface area (Å²) in [7, 11) is 0. The quantitative estimate of drug-likeness (QED) is 0.596. The minimum Gasteiger partial charge on any atom is -0.459 e. The van der Waals surface area contributed by atoms with E-state index in [9.17, 15) is 14.4 Å². The molecule has 2 aromatic carbocycles. The molecule has 1 aliphatic carbocycles. The van der Waals surface area contributed by atoms with Crippen LogP contribution in [0.1, 0.15) is 37.3 Å². The summed E-state index contributed by atoms with van der Waals surface area (Å²) >= 11 is 0. The number of hydrogen-bond acceptors (Lipinski definition) is 4. The molecule has 1 aliphatic rings. The van der Waals surface area contributed by atoms with Crippen LogP contribution in [0.5, 0.6) is 0 Å². The predicted octanol–water partition coefficient (Wildman–Crippen LogP) is 2.93. The van der Waals surface area contributed by atoms with Gasteiger partial charge in [0.05, 0.1) is 12.0 Å². The number of carbonyl (C=O) groups is 3. The zero-order chi connectivity index (χ0) is 20.0. The third kappa shape index (κ3) is 4.22. The third-order valence-corrected chi connectivity index (χ3v) is 5.09. The highest BCUT2D eigenvalue weighted by Crippen LogP contribution is 2.44. The van der Waals surface area contributed by atoms with Crippen LogP contribution < -0.4 is 10.6 Å². The highest BCUT2D eigenvalue weighted by Gasteiger charge is 2.45. The maximum Gasteiger partial charge on any atom is 0.397 e. The van der Waals surface area contributed by atoms with E-state index in [0.29, 0.717) is 12.2 Å². The van der Waals surface area contributed by atoms with Crippen LogP contribution in [0.25, 0.3) is 0 Å². The molecular formula is C22H24N2O4. The summed E-state index contributed by atoms with van der Waals surface area (Å²) in [5.41, 5.74) is 1.93. The molecule has 2 N–H and O–H groups in total. The van der Waals surface area contributed by atoms with Crippen LogP contribution in [0, 0.1) is 0 Å². The molecule has 0 atom stereocenters. The van der Waals surface area contributed by atoms with Crippen molar-refractivity contribution in [3.8, 4) is 0 Å². The average Bonchev–Trinajstić information content (AvgIpc) is 2.68. The van der Waals surface area contributed by atoms with Crippen molar-refractivity contribution in [2.75, 3.05) is 11.9 Å². The lowest BCUT2D eigenvalue weighted by molar-refractivity contribution is -0.152. The van der Waals surface area contributed by atoms with Gasteiger partial charge in [0.25, 0.3) is 0 Å². The third-order valence-electron chi connectivity index (χ3n) is 5.09. The maximum absolute atomic E-state index is 12.9. The van der Waals surface area contributed by atoms with Gasteiger partial charge >= 0.3 is 11.9 Å². The Morgan fingerprint density at radius 1 is 1.00 bits per heavy atom. The number of ether oxygens (including phenoxy) is 1. The fraction of sp³-hybridized carbons (Fsp3) is 0.318. The average molecular weight is 380 g/mol. The van der Waals surface area contributed by atoms with Gasteiger partial charge in [-0.15, -0.1) is 0 Å². The molecule has 0 aliphatic heterocycles. The number of carbonyl (C=O) groups excluding carboxylic acids is 3. The fourth-order valence-corrected chi connectivity index (χ4v) is 3.38. The SMILES string of the molecule is CCOC(=O)C(=O)Nc1ccc(C2(C(=O)NCc3ccccc3)CCC2)cc1. The zero-order valence-corrected chi connectivity index (χ0v) is 15.9. The van der Waals surface area contributed by atoms with Gasteiger partial charge in [-0.25, -0.2) is 4.79 Å². The zero-order valence-electron chi connectivity index (χ0n) is 15.9. The van der Waals surface area contributed by atoms with E-state index in [0.717, 1.165) is 30.4 Å². The van der Waals surface area contributed by atoms with Gasteiger partial charge in [0, 0.05) is 12.2 Å². The lowest BCUT2D eigenvalue weighted by Gasteiger charge is -2.40. The van der Waals surface area contributed by atoms with Crippen molar-refractivity contribution in [1.29, 1.82) is 0 Å². The standard InChI is InChI=1S/C22H24N2O4/c1-2-28-20(26)19(25)24-18-11-9-17(10-12-18)22(13-6-14-22)21(27)23-15-16-7-4-3-5-8-16/h3-5,7-12H,2,6,13-15H2,1H3,(H,23,27)(H,24,25). The molecule has 0 heterocycles. The lowest BCUT2D eigenvalue weighted by atomic mass is 9.63. The number of rotatable bonds is 6. The molecule has 0 radical (unpaired) electrons. The van der Waals surface area contributed by atoms with Crippen molar-refractivity contribution in [3.63, 3.8) is 0 Å². The maximum atomic E-state index is 12.9. The molecule has 0 unspecified atom stereocenters. The predicted molar refractivity (Wildman–Crippen MR) is 106 cm³/mol. The summed E-state index contributed by atoms with van der Waals surface area (Å²) < 4.78 is 4.67. The fourth-order valence-electron chi connectivity index (χ4n) is 3.38. The summed E-state index contributed by atoms with van der Waals surface area (Å²) in [6.45, 7) is 2.28. The van der Waals surface area contributed by atoms with Crippen LogP contribution in [0.2, 0.25) is 0 Å². The molecule has 2 amide bonds. The van der Waals surface area contributed by atoms with Gasteiger partial charge in [-0.3, -0.25) is 9.59 Å². The van der Waals surface area contributed by atoms with Gasteiger partial charge in [0.1, 0.15) is 0 Å². The van der Waals surface area contributed by atoms with Crippen molar-refractivity contribution in [2.45, 2.75) is 38.1 Å². The second-order valence-electron chi connectivity index (χ2n) is 6.86. The smallest absolute Gasteiger partial charge is 0.397 e. The molecule has 0 saturated heterocycles. The number of esters is 1. The first-order valence-corrected chi connectivity index (χ1v) is 9.46. The molecular weight excluding hydrogens is 356 g/mol. The van der Waals surface area contributed by atoms with Gasteiger partial charge in [-0.1, -0.05) is 48.9 Å². The van der Waals surface area contributed by atoms with Gasteiger partial charge in [0.15, 0.2) is 0 Å². The van der Waals surface area contributed by atoms with Crippen molar-refractivity contribution in [2.24, 2.45) is 0 Å². The molecule has 28 heavy (non-hydrogen) atoms. The van der Waals surface area contributed by atoms with Crippen LogP contribution >= 0.6 is 0 Å². The van der Waals surface area contributed by atoms with Gasteiger partial charge < -0.3 is 15.4 Å². The molecule has 0 aromatic heterocycles. The van der Waals surface area contributed by atoms with Crippen molar-refractivity contribution in [1.82, 2.24) is 5.32 Å². The molecule has 3 rings (SSSR count). The van der Waals surface area contributed by atoms with E-state index in [4.69, 9.17) is 0 Å². The summed E-state index contributed by atoms with van der Waals surface area (Å²) in [5, 5.41) is 5.55. The number of nitrogens with one attached hydrogen (secondary N) is 2. The number of amides is 2. The van der Waals surface area contributed by atoms with Crippen LogP contribution in [0.15, 0.2) is 54.6 Å². The Hall–Kier alpha value is -3.15. The first kappa shape index (κ1) is 19.6. The molecule has 0 bridgehead atoms. The minimum atomic E-state index is -0.915. The van der Waals surface area contributed by atoms with E-state index in [1.165, 1.54) is 0 Å². The molecule has 6 heteroatoms. The molecule has 1 saturated carbocycles. The van der Waals surface area contributed by atoms with E-state index >= 15 is 0 Å². The summed E-state index contributed by atoms with van der Waals surface area (Å²) in [5.74, 6) is -1.71. The van der Waals surface area contributed by atoms with E-state index in [-0.39, 0.29) is 12.5 Å². The summed E-state index contributed by atoms with van der Waals surface area (Å²) in [4.78, 5) is 36.1. The summed E-state index contributed by atoms with van der Waals surface area (Å²) in [6.07, 6.45) is 2.59. The van der Waals surface area contributed by atoms with E-state index in [1.807, 2.05) is 42.5 Å². The largest absolute Gasteiger partial charge is 0.459 e. The highest BCUT2D eigenvalue weighted by molar-refractivity contribution is 6.37. The molecule has 6 nitrogen and oxygen atoms in total. The minimum absolute atomic E-state index is 0.0194. The number of hydrogen-bond donors (Lipinski definition) is 2. The molecule has 0 spiro atoms. The van der Waals surface area contributed by atoms with Crippen molar-refractivity contribution < 1.29 is 19.1 Å². The summed E-state index contributed by atoms with van der Waals surface area (Å²) in [6, 6.07) is 16.9. The first-order chi connectivity index (χ1) is 13.5. The Kier molecular flexibility index (Phi) is 6.09. The van der Waals surface area contributed by atoms with Crippen LogP contribution in [-0.2, 0) is 31.1 Å². The van der Waals surface area contributed by atoms with Gasteiger partial charge in [-0.05, 0) is 43.0 Å². The van der Waals surface area contributed by atoms with Crippen LogP contribution in [-0.4, -0.2) is 24.4 Å². The molecule has 1 fully saturated rings. The second-order valence-corrected chi connectivity index (χ2v) is 6.86. The monoisotopic (exact) mass is 380 g/mol. The van der Waals surface area contributed by atoms with E-state index in [1.54, 1.807) is 19.1 Å². The van der Waals surface area contributed by atoms with Gasteiger partial charge in [-0.2, -0.15) is 0 Å². The molecule has 2 aromatic rings. The van der Waals surface area contributed by atoms with E-state index in [2.05, 4.69) is 15.4 Å². The van der Waals surface area contributed by atoms with E-state index < -0.39 is 17.3 Å². The van der Waals surface area contributed by atoms with Crippen LogP contribution in [0.3, 0.4) is 0 Å². The highest BCUT2D eigenvalue weighted by atomic mass is 16.5. The van der Waals surface area contributed by atoms with Crippen molar-refractivity contribution >= 4 is 23.5 Å². The normalized spacial score (nSPS) is 14.5. The first-order valence-electron chi connectivity index (χ1n) is 9.46. The Balaban J connectivity index is 1.65.